The lowest BCUT2D eigenvalue weighted by atomic mass is 10.2. The zero-order valence-electron chi connectivity index (χ0n) is 6.97. The molecule has 1 heterocycles. The Labute approximate surface area is 83.6 Å². The van der Waals surface area contributed by atoms with Gasteiger partial charge < -0.3 is 5.11 Å². The second-order valence-corrected chi connectivity index (χ2v) is 3.08. The summed E-state index contributed by atoms with van der Waals surface area (Å²) >= 11 is 1.12. The van der Waals surface area contributed by atoms with Gasteiger partial charge in [-0.05, 0) is 17.0 Å². The molecule has 6 heteroatoms. The van der Waals surface area contributed by atoms with Crippen molar-refractivity contribution in [1.29, 1.82) is 0 Å². The van der Waals surface area contributed by atoms with Gasteiger partial charge in [-0.15, -0.1) is 11.3 Å². The number of aromatic carboxylic acids is 1. The number of carboxylic acids is 1. The van der Waals surface area contributed by atoms with E-state index in [1.54, 1.807) is 11.4 Å². The molecule has 0 radical (unpaired) electrons. The molecule has 0 aliphatic heterocycles. The fraction of sp³-hybridized carbons (Fsp3) is 0.125. The number of azide groups is 1. The van der Waals surface area contributed by atoms with Gasteiger partial charge in [0.25, 0.3) is 0 Å². The quantitative estimate of drug-likeness (QED) is 0.348. The number of thiophene rings is 1. The Bertz CT molecular complexity index is 449. The average molecular weight is 207 g/mol. The van der Waals surface area contributed by atoms with E-state index in [-0.39, 0.29) is 11.4 Å². The summed E-state index contributed by atoms with van der Waals surface area (Å²) in [5.41, 5.74) is 8.42. The average Bonchev–Trinajstić information content (AvgIpc) is 2.60. The summed E-state index contributed by atoms with van der Waals surface area (Å²) in [5.74, 6) is 4.19. The Morgan fingerprint density at radius 2 is 2.57 bits per heavy atom. The van der Waals surface area contributed by atoms with Crippen molar-refractivity contribution in [3.63, 3.8) is 0 Å². The minimum Gasteiger partial charge on any atom is -0.477 e. The van der Waals surface area contributed by atoms with Crippen LogP contribution in [-0.4, -0.2) is 17.6 Å². The van der Waals surface area contributed by atoms with E-state index < -0.39 is 5.97 Å². The van der Waals surface area contributed by atoms with Crippen molar-refractivity contribution < 1.29 is 9.90 Å². The third-order valence-electron chi connectivity index (χ3n) is 1.30. The van der Waals surface area contributed by atoms with Gasteiger partial charge in [0.05, 0.1) is 6.54 Å². The van der Waals surface area contributed by atoms with Gasteiger partial charge in [-0.1, -0.05) is 17.0 Å². The highest BCUT2D eigenvalue weighted by molar-refractivity contribution is 7.12. The smallest absolute Gasteiger partial charge is 0.347 e. The van der Waals surface area contributed by atoms with Crippen LogP contribution in [0.4, 0.5) is 0 Å². The van der Waals surface area contributed by atoms with Gasteiger partial charge in [0.2, 0.25) is 0 Å². The first-order valence-corrected chi connectivity index (χ1v) is 4.44. The fourth-order valence-corrected chi connectivity index (χ4v) is 1.46. The lowest BCUT2D eigenvalue weighted by molar-refractivity contribution is 0.0702. The van der Waals surface area contributed by atoms with Crippen LogP contribution in [0.5, 0.6) is 0 Å². The third-order valence-corrected chi connectivity index (χ3v) is 2.20. The van der Waals surface area contributed by atoms with E-state index in [9.17, 15) is 4.79 Å². The van der Waals surface area contributed by atoms with Gasteiger partial charge >= 0.3 is 5.97 Å². The summed E-state index contributed by atoms with van der Waals surface area (Å²) in [6.07, 6.45) is 0. The highest BCUT2D eigenvalue weighted by atomic mass is 32.1. The Hall–Kier alpha value is -1.96. The predicted octanol–water partition coefficient (Wildman–Crippen LogP) is 2.11. The van der Waals surface area contributed by atoms with Crippen molar-refractivity contribution in [2.45, 2.75) is 0 Å². The Morgan fingerprint density at radius 1 is 1.79 bits per heavy atom. The normalized spacial score (nSPS) is 8.29. The van der Waals surface area contributed by atoms with Crippen molar-refractivity contribution in [3.05, 3.63) is 32.3 Å². The second-order valence-electron chi connectivity index (χ2n) is 2.16. The van der Waals surface area contributed by atoms with E-state index in [1.165, 1.54) is 0 Å². The van der Waals surface area contributed by atoms with Gasteiger partial charge in [-0.25, -0.2) is 4.79 Å². The molecule has 1 aromatic heterocycles. The Balaban J connectivity index is 2.84. The summed E-state index contributed by atoms with van der Waals surface area (Å²) in [4.78, 5) is 13.4. The molecule has 0 aliphatic rings. The van der Waals surface area contributed by atoms with Crippen LogP contribution in [0.3, 0.4) is 0 Å². The van der Waals surface area contributed by atoms with E-state index in [4.69, 9.17) is 10.6 Å². The number of rotatable bonds is 2. The first-order chi connectivity index (χ1) is 6.75. The summed E-state index contributed by atoms with van der Waals surface area (Å²) in [7, 11) is 0. The standard InChI is InChI=1S/C8H5N3O2S/c9-11-10-4-1-2-6-3-5-14-7(6)8(12)13/h3,5H,4H2,(H,12,13). The van der Waals surface area contributed by atoms with Gasteiger partial charge in [-0.3, -0.25) is 0 Å². The molecular formula is C8H5N3O2S. The van der Waals surface area contributed by atoms with E-state index in [0.29, 0.717) is 5.56 Å². The summed E-state index contributed by atoms with van der Waals surface area (Å²) in [6, 6.07) is 1.62. The van der Waals surface area contributed by atoms with Crippen molar-refractivity contribution in [1.82, 2.24) is 0 Å². The molecule has 0 unspecified atom stereocenters. The minimum absolute atomic E-state index is 0.0470. The maximum atomic E-state index is 10.6. The SMILES string of the molecule is [N-]=[N+]=NCC#Cc1ccsc1C(=O)O. The fourth-order valence-electron chi connectivity index (χ4n) is 0.775. The monoisotopic (exact) mass is 207 g/mol. The van der Waals surface area contributed by atoms with Gasteiger partial charge in [0.15, 0.2) is 0 Å². The van der Waals surface area contributed by atoms with E-state index in [1.807, 2.05) is 0 Å². The van der Waals surface area contributed by atoms with Crippen molar-refractivity contribution in [2.75, 3.05) is 6.54 Å². The molecule has 0 atom stereocenters. The van der Waals surface area contributed by atoms with Crippen LogP contribution in [-0.2, 0) is 0 Å². The predicted molar refractivity (Wildman–Crippen MR) is 52.2 cm³/mol. The van der Waals surface area contributed by atoms with Gasteiger partial charge in [-0.2, -0.15) is 0 Å². The van der Waals surface area contributed by atoms with Gasteiger partial charge in [0.1, 0.15) is 4.88 Å². The second kappa shape index (κ2) is 4.92. The van der Waals surface area contributed by atoms with Crippen molar-refractivity contribution in [2.24, 2.45) is 5.11 Å². The molecule has 1 rings (SSSR count). The van der Waals surface area contributed by atoms with E-state index in [0.717, 1.165) is 11.3 Å². The molecule has 0 saturated carbocycles. The van der Waals surface area contributed by atoms with Crippen molar-refractivity contribution in [3.8, 4) is 11.8 Å². The molecule has 14 heavy (non-hydrogen) atoms. The summed E-state index contributed by atoms with van der Waals surface area (Å²) in [6.45, 7) is 0.0470. The number of nitrogens with zero attached hydrogens (tertiary/aromatic N) is 3. The molecule has 0 aromatic carbocycles. The minimum atomic E-state index is -0.993. The largest absolute Gasteiger partial charge is 0.477 e. The van der Waals surface area contributed by atoms with Crippen LogP contribution >= 0.6 is 11.3 Å². The van der Waals surface area contributed by atoms with Crippen LogP contribution in [0.2, 0.25) is 0 Å². The molecule has 0 fully saturated rings. The van der Waals surface area contributed by atoms with Crippen LogP contribution in [0.25, 0.3) is 10.4 Å². The lowest BCUT2D eigenvalue weighted by Gasteiger charge is -1.87. The number of hydrogen-bond donors (Lipinski definition) is 1. The van der Waals surface area contributed by atoms with E-state index >= 15 is 0 Å². The first kappa shape index (κ1) is 10.1. The molecule has 1 N–H and O–H groups in total. The van der Waals surface area contributed by atoms with Gasteiger partial charge in [0, 0.05) is 10.5 Å². The summed E-state index contributed by atoms with van der Waals surface area (Å²) in [5, 5.41) is 13.6. The summed E-state index contributed by atoms with van der Waals surface area (Å²) < 4.78 is 0. The Morgan fingerprint density at radius 3 is 3.21 bits per heavy atom. The van der Waals surface area contributed by atoms with Crippen LogP contribution < -0.4 is 0 Å². The molecule has 1 aromatic rings. The molecule has 0 spiro atoms. The zero-order valence-corrected chi connectivity index (χ0v) is 7.78. The van der Waals surface area contributed by atoms with Crippen LogP contribution in [0.1, 0.15) is 15.2 Å². The number of carbonyl (C=O) groups is 1. The lowest BCUT2D eigenvalue weighted by Crippen LogP contribution is -1.94. The number of hydrogen-bond acceptors (Lipinski definition) is 3. The van der Waals surface area contributed by atoms with Crippen molar-refractivity contribution >= 4 is 17.3 Å². The molecule has 70 valence electrons. The topological polar surface area (TPSA) is 86.1 Å². The zero-order chi connectivity index (χ0) is 10.4. The Kier molecular flexibility index (Phi) is 3.56. The number of carboxylic acid groups (broad SMARTS) is 1. The first-order valence-electron chi connectivity index (χ1n) is 3.56. The maximum Gasteiger partial charge on any atom is 0.347 e. The highest BCUT2D eigenvalue weighted by Crippen LogP contribution is 2.15. The third kappa shape index (κ3) is 2.52. The molecule has 0 bridgehead atoms. The molecular weight excluding hydrogens is 202 g/mol. The molecule has 0 saturated heterocycles. The van der Waals surface area contributed by atoms with E-state index in [2.05, 4.69) is 21.9 Å². The highest BCUT2D eigenvalue weighted by Gasteiger charge is 2.08. The molecule has 5 nitrogen and oxygen atoms in total. The van der Waals surface area contributed by atoms with Crippen LogP contribution in [0.15, 0.2) is 16.6 Å². The maximum absolute atomic E-state index is 10.6. The van der Waals surface area contributed by atoms with Crippen LogP contribution in [0, 0.1) is 11.8 Å². The molecule has 0 amide bonds. The molecule has 0 aliphatic carbocycles.